The molecule has 2 aromatic carbocycles. The Labute approximate surface area is 130 Å². The van der Waals surface area contributed by atoms with E-state index >= 15 is 0 Å². The monoisotopic (exact) mass is 316 g/mol. The molecule has 4 nitrogen and oxygen atoms in total. The minimum atomic E-state index is -0.330. The van der Waals surface area contributed by atoms with Crippen molar-refractivity contribution in [2.75, 3.05) is 12.4 Å². The zero-order valence-electron chi connectivity index (χ0n) is 12.0. The number of amides is 1. The average Bonchev–Trinajstić information content (AvgIpc) is 2.90. The molecule has 0 fully saturated rings. The highest BCUT2D eigenvalue weighted by molar-refractivity contribution is 7.22. The molecule has 0 aliphatic rings. The summed E-state index contributed by atoms with van der Waals surface area (Å²) in [6.07, 6.45) is 0. The molecular formula is C16H13FN2O2S. The molecule has 3 aromatic rings. The van der Waals surface area contributed by atoms with Gasteiger partial charge in [-0.05, 0) is 48.9 Å². The molecule has 0 aliphatic heterocycles. The summed E-state index contributed by atoms with van der Waals surface area (Å²) >= 11 is 1.36. The number of carbonyl (C=O) groups excluding carboxylic acids is 1. The minimum absolute atomic E-state index is 0.311. The number of nitrogens with one attached hydrogen (secondary N) is 1. The fourth-order valence-electron chi connectivity index (χ4n) is 2.04. The highest BCUT2D eigenvalue weighted by Gasteiger charge is 2.11. The van der Waals surface area contributed by atoms with Crippen molar-refractivity contribution in [3.63, 3.8) is 0 Å². The summed E-state index contributed by atoms with van der Waals surface area (Å²) in [6, 6.07) is 9.77. The lowest BCUT2D eigenvalue weighted by Crippen LogP contribution is -2.12. The number of hydrogen-bond acceptors (Lipinski definition) is 4. The van der Waals surface area contributed by atoms with Crippen LogP contribution < -0.4 is 10.1 Å². The number of hydrogen-bond donors (Lipinski definition) is 1. The summed E-state index contributed by atoms with van der Waals surface area (Å²) < 4.78 is 19.3. The first-order valence-corrected chi connectivity index (χ1v) is 7.40. The van der Waals surface area contributed by atoms with Crippen LogP contribution in [0.1, 0.15) is 15.9 Å². The third kappa shape index (κ3) is 2.78. The number of aryl methyl sites for hydroxylation is 1. The van der Waals surface area contributed by atoms with Crippen LogP contribution in [-0.2, 0) is 0 Å². The number of benzene rings is 2. The topological polar surface area (TPSA) is 51.2 Å². The quantitative estimate of drug-likeness (QED) is 0.794. The first-order valence-electron chi connectivity index (χ1n) is 6.59. The molecule has 1 amide bonds. The van der Waals surface area contributed by atoms with E-state index in [0.717, 1.165) is 16.0 Å². The van der Waals surface area contributed by atoms with Crippen LogP contribution in [0.3, 0.4) is 0 Å². The Balaban J connectivity index is 1.85. The van der Waals surface area contributed by atoms with Gasteiger partial charge in [0.15, 0.2) is 5.13 Å². The predicted octanol–water partition coefficient (Wildman–Crippen LogP) is 4.00. The molecule has 0 atom stereocenters. The van der Waals surface area contributed by atoms with Crippen LogP contribution in [0.4, 0.5) is 9.52 Å². The second kappa shape index (κ2) is 5.73. The molecule has 0 radical (unpaired) electrons. The number of anilines is 1. The van der Waals surface area contributed by atoms with Crippen LogP contribution in [0.5, 0.6) is 5.75 Å². The van der Waals surface area contributed by atoms with E-state index in [-0.39, 0.29) is 11.7 Å². The van der Waals surface area contributed by atoms with Crippen molar-refractivity contribution in [3.05, 3.63) is 53.3 Å². The van der Waals surface area contributed by atoms with Crippen LogP contribution >= 0.6 is 11.3 Å². The van der Waals surface area contributed by atoms with E-state index in [0.29, 0.717) is 16.3 Å². The lowest BCUT2D eigenvalue weighted by atomic mass is 10.1. The third-order valence-corrected chi connectivity index (χ3v) is 4.17. The average molecular weight is 316 g/mol. The maximum absolute atomic E-state index is 13.2. The molecular weight excluding hydrogens is 303 g/mol. The molecule has 3 rings (SSSR count). The van der Waals surface area contributed by atoms with E-state index in [1.165, 1.54) is 29.5 Å². The summed E-state index contributed by atoms with van der Waals surface area (Å²) in [6.45, 7) is 1.62. The molecule has 22 heavy (non-hydrogen) atoms. The lowest BCUT2D eigenvalue weighted by Gasteiger charge is -2.03. The summed E-state index contributed by atoms with van der Waals surface area (Å²) in [4.78, 5) is 16.5. The second-order valence-corrected chi connectivity index (χ2v) is 5.80. The van der Waals surface area contributed by atoms with Crippen LogP contribution in [0.2, 0.25) is 0 Å². The number of nitrogens with zero attached hydrogens (tertiary/aromatic N) is 1. The standard InChI is InChI=1S/C16H13FN2O2S/c1-9-7-10(3-5-12(9)17)15(20)19-16-18-13-6-4-11(21-2)8-14(13)22-16/h3-8H,1-2H3,(H,18,19,20). The highest BCUT2D eigenvalue weighted by Crippen LogP contribution is 2.29. The van der Waals surface area contributed by atoms with Crippen LogP contribution in [0, 0.1) is 12.7 Å². The zero-order chi connectivity index (χ0) is 15.7. The van der Waals surface area contributed by atoms with Crippen LogP contribution in [0.15, 0.2) is 36.4 Å². The molecule has 0 saturated carbocycles. The molecule has 0 spiro atoms. The molecule has 0 saturated heterocycles. The number of methoxy groups -OCH3 is 1. The van der Waals surface area contributed by atoms with Gasteiger partial charge < -0.3 is 4.74 Å². The summed E-state index contributed by atoms with van der Waals surface area (Å²) in [5.74, 6) is 0.0981. The van der Waals surface area contributed by atoms with Crippen LogP contribution in [0.25, 0.3) is 10.2 Å². The Bertz CT molecular complexity index is 860. The zero-order valence-corrected chi connectivity index (χ0v) is 12.8. The van der Waals surface area contributed by atoms with E-state index in [1.807, 2.05) is 18.2 Å². The Kier molecular flexibility index (Phi) is 3.77. The lowest BCUT2D eigenvalue weighted by molar-refractivity contribution is 0.102. The number of halogens is 1. The van der Waals surface area contributed by atoms with Gasteiger partial charge in [0.2, 0.25) is 0 Å². The van der Waals surface area contributed by atoms with Crippen molar-refractivity contribution in [3.8, 4) is 5.75 Å². The van der Waals surface area contributed by atoms with Crippen LogP contribution in [-0.4, -0.2) is 18.0 Å². The second-order valence-electron chi connectivity index (χ2n) is 4.77. The van der Waals surface area contributed by atoms with Crippen molar-refractivity contribution in [1.29, 1.82) is 0 Å². The van der Waals surface area contributed by atoms with Gasteiger partial charge in [-0.3, -0.25) is 10.1 Å². The van der Waals surface area contributed by atoms with Gasteiger partial charge in [0.1, 0.15) is 11.6 Å². The fraction of sp³-hybridized carbons (Fsp3) is 0.125. The van der Waals surface area contributed by atoms with Gasteiger partial charge in [-0.15, -0.1) is 0 Å². The van der Waals surface area contributed by atoms with Gasteiger partial charge in [0.05, 0.1) is 17.3 Å². The Morgan fingerprint density at radius 1 is 1.27 bits per heavy atom. The summed E-state index contributed by atoms with van der Waals surface area (Å²) in [5.41, 5.74) is 1.62. The molecule has 0 aliphatic carbocycles. The van der Waals surface area contributed by atoms with E-state index in [1.54, 1.807) is 14.0 Å². The van der Waals surface area contributed by atoms with E-state index in [9.17, 15) is 9.18 Å². The van der Waals surface area contributed by atoms with Crippen molar-refractivity contribution in [1.82, 2.24) is 4.98 Å². The van der Waals surface area contributed by atoms with E-state index < -0.39 is 0 Å². The van der Waals surface area contributed by atoms with E-state index in [2.05, 4.69) is 10.3 Å². The third-order valence-electron chi connectivity index (χ3n) is 3.24. The molecule has 0 bridgehead atoms. The van der Waals surface area contributed by atoms with E-state index in [4.69, 9.17) is 4.74 Å². The first kappa shape index (κ1) is 14.5. The number of rotatable bonds is 3. The molecule has 1 aromatic heterocycles. The fourth-order valence-corrected chi connectivity index (χ4v) is 2.93. The number of aromatic nitrogens is 1. The first-order chi connectivity index (χ1) is 10.6. The number of thiazole rings is 1. The van der Waals surface area contributed by atoms with Gasteiger partial charge in [-0.2, -0.15) is 0 Å². The van der Waals surface area contributed by atoms with Gasteiger partial charge in [0, 0.05) is 5.56 Å². The van der Waals surface area contributed by atoms with Crippen molar-refractivity contribution < 1.29 is 13.9 Å². The van der Waals surface area contributed by atoms with Gasteiger partial charge >= 0.3 is 0 Å². The largest absolute Gasteiger partial charge is 0.497 e. The Morgan fingerprint density at radius 2 is 2.09 bits per heavy atom. The molecule has 1 heterocycles. The highest BCUT2D eigenvalue weighted by atomic mass is 32.1. The number of carbonyl (C=O) groups is 1. The van der Waals surface area contributed by atoms with Gasteiger partial charge in [-0.25, -0.2) is 9.37 Å². The molecule has 0 unspecified atom stereocenters. The summed E-state index contributed by atoms with van der Waals surface area (Å²) in [5, 5.41) is 3.23. The molecule has 6 heteroatoms. The normalized spacial score (nSPS) is 10.7. The number of ether oxygens (including phenoxy) is 1. The number of fused-ring (bicyclic) bond motifs is 1. The minimum Gasteiger partial charge on any atom is -0.497 e. The van der Waals surface area contributed by atoms with Crippen molar-refractivity contribution in [2.24, 2.45) is 0 Å². The molecule has 112 valence electrons. The maximum atomic E-state index is 13.2. The SMILES string of the molecule is COc1ccc2nc(NC(=O)c3ccc(F)c(C)c3)sc2c1. The van der Waals surface area contributed by atoms with Crippen molar-refractivity contribution in [2.45, 2.75) is 6.92 Å². The van der Waals surface area contributed by atoms with Gasteiger partial charge in [-0.1, -0.05) is 11.3 Å². The predicted molar refractivity (Wildman–Crippen MR) is 85.3 cm³/mol. The summed E-state index contributed by atoms with van der Waals surface area (Å²) in [7, 11) is 1.60. The Morgan fingerprint density at radius 3 is 2.82 bits per heavy atom. The van der Waals surface area contributed by atoms with Gasteiger partial charge in [0.25, 0.3) is 5.91 Å². The maximum Gasteiger partial charge on any atom is 0.257 e. The molecule has 1 N–H and O–H groups in total. The van der Waals surface area contributed by atoms with Crippen molar-refractivity contribution >= 4 is 32.6 Å². The Hall–Kier alpha value is -2.47. The smallest absolute Gasteiger partial charge is 0.257 e.